The van der Waals surface area contributed by atoms with Crippen LogP contribution in [-0.4, -0.2) is 11.0 Å². The third-order valence-corrected chi connectivity index (χ3v) is 3.27. The number of hydrogen-bond acceptors (Lipinski definition) is 2. The quantitative estimate of drug-likeness (QED) is 0.761. The Hall–Kier alpha value is -2.40. The maximum atomic E-state index is 11.0. The molecular weight excluding hydrogens is 282 g/mol. The largest absolute Gasteiger partial charge is 0.366 e. The van der Waals surface area contributed by atoms with Crippen molar-refractivity contribution in [2.75, 3.05) is 10.6 Å². The summed E-state index contributed by atoms with van der Waals surface area (Å²) in [6.45, 7) is 4.05. The molecule has 0 aliphatic heterocycles. The number of aryl methyl sites for hydroxylation is 2. The van der Waals surface area contributed by atoms with Crippen molar-refractivity contribution in [3.8, 4) is 0 Å². The highest BCUT2D eigenvalue weighted by Crippen LogP contribution is 2.17. The van der Waals surface area contributed by atoms with Crippen LogP contribution in [0.5, 0.6) is 0 Å². The predicted octanol–water partition coefficient (Wildman–Crippen LogP) is 3.21. The summed E-state index contributed by atoms with van der Waals surface area (Å²) in [4.78, 5) is 11.0. The molecule has 4 nitrogen and oxygen atoms in total. The average Bonchev–Trinajstić information content (AvgIpc) is 2.43. The van der Waals surface area contributed by atoms with E-state index in [-0.39, 0.29) is 0 Å². The molecule has 4 N–H and O–H groups in total. The molecule has 0 spiro atoms. The van der Waals surface area contributed by atoms with Gasteiger partial charge in [-0.3, -0.25) is 4.79 Å². The van der Waals surface area contributed by atoms with Crippen LogP contribution in [0.2, 0.25) is 0 Å². The zero-order valence-electron chi connectivity index (χ0n) is 11.9. The van der Waals surface area contributed by atoms with Gasteiger partial charge in [-0.05, 0) is 67.5 Å². The van der Waals surface area contributed by atoms with Crippen molar-refractivity contribution in [1.29, 1.82) is 0 Å². The SMILES string of the molecule is Cc1ccc(C)c(NC(=S)Nc2ccc(C(N)=O)cc2)c1. The average molecular weight is 299 g/mol. The number of anilines is 2. The third-order valence-electron chi connectivity index (χ3n) is 3.07. The summed E-state index contributed by atoms with van der Waals surface area (Å²) in [5, 5.41) is 6.73. The number of primary amides is 1. The fourth-order valence-corrected chi connectivity index (χ4v) is 2.10. The Morgan fingerprint density at radius 2 is 1.71 bits per heavy atom. The molecule has 21 heavy (non-hydrogen) atoms. The number of benzene rings is 2. The molecule has 0 fully saturated rings. The van der Waals surface area contributed by atoms with Crippen molar-refractivity contribution in [2.45, 2.75) is 13.8 Å². The van der Waals surface area contributed by atoms with Gasteiger partial charge < -0.3 is 16.4 Å². The second kappa shape index (κ2) is 6.37. The van der Waals surface area contributed by atoms with Gasteiger partial charge in [-0.1, -0.05) is 12.1 Å². The van der Waals surface area contributed by atoms with E-state index in [9.17, 15) is 4.79 Å². The molecule has 0 aromatic heterocycles. The molecule has 0 heterocycles. The summed E-state index contributed by atoms with van der Waals surface area (Å²) in [7, 11) is 0. The Balaban J connectivity index is 2.04. The monoisotopic (exact) mass is 299 g/mol. The Bertz CT molecular complexity index is 680. The maximum absolute atomic E-state index is 11.0. The van der Waals surface area contributed by atoms with E-state index in [2.05, 4.69) is 16.7 Å². The normalized spacial score (nSPS) is 10.0. The third kappa shape index (κ3) is 4.03. The number of amides is 1. The molecule has 108 valence electrons. The second-order valence-electron chi connectivity index (χ2n) is 4.84. The van der Waals surface area contributed by atoms with E-state index in [0.717, 1.165) is 22.5 Å². The molecule has 0 saturated heterocycles. The molecule has 0 radical (unpaired) electrons. The van der Waals surface area contributed by atoms with E-state index in [1.54, 1.807) is 24.3 Å². The highest BCUT2D eigenvalue weighted by atomic mass is 32.1. The van der Waals surface area contributed by atoms with E-state index >= 15 is 0 Å². The molecule has 2 rings (SSSR count). The predicted molar refractivity (Wildman–Crippen MR) is 90.7 cm³/mol. The topological polar surface area (TPSA) is 67.2 Å². The molecule has 5 heteroatoms. The van der Waals surface area contributed by atoms with Crippen molar-refractivity contribution in [3.05, 3.63) is 59.2 Å². The van der Waals surface area contributed by atoms with Crippen molar-refractivity contribution in [3.63, 3.8) is 0 Å². The summed E-state index contributed by atoms with van der Waals surface area (Å²) in [5.41, 5.74) is 9.72. The maximum Gasteiger partial charge on any atom is 0.248 e. The van der Waals surface area contributed by atoms with Crippen LogP contribution in [0, 0.1) is 13.8 Å². The van der Waals surface area contributed by atoms with E-state index < -0.39 is 5.91 Å². The van der Waals surface area contributed by atoms with E-state index in [0.29, 0.717) is 10.7 Å². The molecule has 0 unspecified atom stereocenters. The first-order valence-electron chi connectivity index (χ1n) is 6.51. The zero-order valence-corrected chi connectivity index (χ0v) is 12.8. The Labute approximate surface area is 129 Å². The summed E-state index contributed by atoms with van der Waals surface area (Å²) in [6, 6.07) is 13.0. The highest BCUT2D eigenvalue weighted by Gasteiger charge is 2.04. The van der Waals surface area contributed by atoms with Gasteiger partial charge in [0.05, 0.1) is 0 Å². The second-order valence-corrected chi connectivity index (χ2v) is 5.25. The minimum Gasteiger partial charge on any atom is -0.366 e. The van der Waals surface area contributed by atoms with Crippen molar-refractivity contribution in [1.82, 2.24) is 0 Å². The van der Waals surface area contributed by atoms with Crippen LogP contribution in [-0.2, 0) is 0 Å². The first kappa shape index (κ1) is 15.0. The molecule has 0 atom stereocenters. The van der Waals surface area contributed by atoms with Crippen molar-refractivity contribution < 1.29 is 4.79 Å². The lowest BCUT2D eigenvalue weighted by atomic mass is 10.1. The molecule has 0 bridgehead atoms. The van der Waals surface area contributed by atoms with Gasteiger partial charge in [0, 0.05) is 16.9 Å². The standard InChI is InChI=1S/C16H17N3OS/c1-10-3-4-11(2)14(9-10)19-16(21)18-13-7-5-12(6-8-13)15(17)20/h3-9H,1-2H3,(H2,17,20)(H2,18,19,21). The van der Waals surface area contributed by atoms with E-state index in [1.165, 1.54) is 0 Å². The molecule has 1 amide bonds. The molecule has 0 saturated carbocycles. The Morgan fingerprint density at radius 3 is 2.33 bits per heavy atom. The van der Waals surface area contributed by atoms with Gasteiger partial charge in [0.1, 0.15) is 0 Å². The summed E-state index contributed by atoms with van der Waals surface area (Å²) >= 11 is 5.29. The number of carbonyl (C=O) groups is 1. The Kier molecular flexibility index (Phi) is 4.55. The zero-order chi connectivity index (χ0) is 15.4. The minimum absolute atomic E-state index is 0.447. The fraction of sp³-hybridized carbons (Fsp3) is 0.125. The van der Waals surface area contributed by atoms with Crippen LogP contribution in [0.3, 0.4) is 0 Å². The van der Waals surface area contributed by atoms with Gasteiger partial charge in [-0.15, -0.1) is 0 Å². The minimum atomic E-state index is -0.447. The highest BCUT2D eigenvalue weighted by molar-refractivity contribution is 7.80. The summed E-state index contributed by atoms with van der Waals surface area (Å²) in [6.07, 6.45) is 0. The Morgan fingerprint density at radius 1 is 1.05 bits per heavy atom. The van der Waals surface area contributed by atoms with Gasteiger partial charge in [-0.25, -0.2) is 0 Å². The van der Waals surface area contributed by atoms with Gasteiger partial charge in [0.25, 0.3) is 0 Å². The first-order valence-corrected chi connectivity index (χ1v) is 6.91. The number of nitrogens with two attached hydrogens (primary N) is 1. The molecular formula is C16H17N3OS. The van der Waals surface area contributed by atoms with Crippen molar-refractivity contribution in [2.24, 2.45) is 5.73 Å². The lowest BCUT2D eigenvalue weighted by Gasteiger charge is -2.13. The summed E-state index contributed by atoms with van der Waals surface area (Å²) < 4.78 is 0. The lowest BCUT2D eigenvalue weighted by Crippen LogP contribution is -2.20. The summed E-state index contributed by atoms with van der Waals surface area (Å²) in [5.74, 6) is -0.447. The number of rotatable bonds is 3. The number of thiocarbonyl (C=S) groups is 1. The van der Waals surface area contributed by atoms with Crippen LogP contribution < -0.4 is 16.4 Å². The fourth-order valence-electron chi connectivity index (χ4n) is 1.87. The molecule has 2 aromatic carbocycles. The van der Waals surface area contributed by atoms with Crippen LogP contribution in [0.15, 0.2) is 42.5 Å². The molecule has 0 aliphatic carbocycles. The van der Waals surface area contributed by atoms with Gasteiger partial charge >= 0.3 is 0 Å². The number of carbonyl (C=O) groups excluding carboxylic acids is 1. The van der Waals surface area contributed by atoms with E-state index in [4.69, 9.17) is 18.0 Å². The van der Waals surface area contributed by atoms with Crippen LogP contribution in [0.1, 0.15) is 21.5 Å². The van der Waals surface area contributed by atoms with Gasteiger partial charge in [0.15, 0.2) is 5.11 Å². The number of hydrogen-bond donors (Lipinski definition) is 3. The first-order chi connectivity index (χ1) is 9.95. The lowest BCUT2D eigenvalue weighted by molar-refractivity contribution is 0.100. The van der Waals surface area contributed by atoms with Crippen LogP contribution >= 0.6 is 12.2 Å². The smallest absolute Gasteiger partial charge is 0.248 e. The van der Waals surface area contributed by atoms with Crippen molar-refractivity contribution >= 4 is 34.6 Å². The molecule has 0 aliphatic rings. The van der Waals surface area contributed by atoms with Gasteiger partial charge in [-0.2, -0.15) is 0 Å². The van der Waals surface area contributed by atoms with Crippen LogP contribution in [0.4, 0.5) is 11.4 Å². The molecule has 2 aromatic rings. The van der Waals surface area contributed by atoms with Gasteiger partial charge in [0.2, 0.25) is 5.91 Å². The van der Waals surface area contributed by atoms with E-state index in [1.807, 2.05) is 26.0 Å². The number of nitrogens with one attached hydrogen (secondary N) is 2. The van der Waals surface area contributed by atoms with Crippen LogP contribution in [0.25, 0.3) is 0 Å².